The van der Waals surface area contributed by atoms with Crippen molar-refractivity contribution in [2.24, 2.45) is 19.8 Å². The number of benzene rings is 1. The summed E-state index contributed by atoms with van der Waals surface area (Å²) in [6, 6.07) is 4.83. The Morgan fingerprint density at radius 1 is 1.14 bits per heavy atom. The van der Waals surface area contributed by atoms with Crippen molar-refractivity contribution in [1.29, 1.82) is 0 Å². The first-order valence-corrected chi connectivity index (χ1v) is 11.0. The molecule has 0 amide bonds. The van der Waals surface area contributed by atoms with Crippen LogP contribution in [0, 0.1) is 5.82 Å². The number of ether oxygens (including phenoxy) is 2. The van der Waals surface area contributed by atoms with E-state index in [4.69, 9.17) is 15.2 Å². The summed E-state index contributed by atoms with van der Waals surface area (Å²) in [7, 11) is 5.00. The standard InChI is InChI=1S/C24H24FN7O3/c1-5-21(26)35-14-6-17(25)23(28-10-14)32-22-16-7-15(13-9-29-30(2)12-13)20(34-4)8-18(16)27-11-19(22)31(3)24(32)33/h6-12,21H,5,26H2,1-4H3. The third-order valence-electron chi connectivity index (χ3n) is 5.92. The van der Waals surface area contributed by atoms with Crippen LogP contribution in [-0.4, -0.2) is 42.2 Å². The predicted octanol–water partition coefficient (Wildman–Crippen LogP) is 2.89. The van der Waals surface area contributed by atoms with Gasteiger partial charge in [-0.2, -0.15) is 5.10 Å². The van der Waals surface area contributed by atoms with Gasteiger partial charge in [0.2, 0.25) is 0 Å². The van der Waals surface area contributed by atoms with Crippen LogP contribution in [-0.2, 0) is 14.1 Å². The molecule has 0 fully saturated rings. The summed E-state index contributed by atoms with van der Waals surface area (Å²) >= 11 is 0. The van der Waals surface area contributed by atoms with E-state index >= 15 is 4.39 Å². The molecule has 1 atom stereocenters. The number of pyridine rings is 2. The first-order valence-electron chi connectivity index (χ1n) is 11.0. The number of halogens is 1. The lowest BCUT2D eigenvalue weighted by molar-refractivity contribution is 0.203. The predicted molar refractivity (Wildman–Crippen MR) is 129 cm³/mol. The van der Waals surface area contributed by atoms with E-state index in [0.29, 0.717) is 34.1 Å². The summed E-state index contributed by atoms with van der Waals surface area (Å²) in [5.74, 6) is -0.0834. The zero-order valence-corrected chi connectivity index (χ0v) is 19.7. The summed E-state index contributed by atoms with van der Waals surface area (Å²) in [6.07, 6.45) is 6.47. The molecule has 5 rings (SSSR count). The van der Waals surface area contributed by atoms with Crippen molar-refractivity contribution >= 4 is 21.9 Å². The second-order valence-corrected chi connectivity index (χ2v) is 8.18. The third-order valence-corrected chi connectivity index (χ3v) is 5.92. The first kappa shape index (κ1) is 22.5. The molecule has 180 valence electrons. The molecule has 35 heavy (non-hydrogen) atoms. The van der Waals surface area contributed by atoms with Crippen molar-refractivity contribution < 1.29 is 13.9 Å². The fourth-order valence-electron chi connectivity index (χ4n) is 4.08. The average molecular weight is 478 g/mol. The highest BCUT2D eigenvalue weighted by Crippen LogP contribution is 2.36. The lowest BCUT2D eigenvalue weighted by Gasteiger charge is -2.13. The quantitative estimate of drug-likeness (QED) is 0.374. The van der Waals surface area contributed by atoms with Crippen LogP contribution in [0.25, 0.3) is 38.9 Å². The van der Waals surface area contributed by atoms with Crippen molar-refractivity contribution in [1.82, 2.24) is 28.9 Å². The molecule has 2 N–H and O–H groups in total. The average Bonchev–Trinajstić information content (AvgIpc) is 3.39. The monoisotopic (exact) mass is 477 g/mol. The topological polar surface area (TPSA) is 115 Å². The molecule has 4 aromatic heterocycles. The zero-order chi connectivity index (χ0) is 24.9. The molecule has 0 spiro atoms. The van der Waals surface area contributed by atoms with Crippen LogP contribution in [0.5, 0.6) is 11.5 Å². The van der Waals surface area contributed by atoms with E-state index < -0.39 is 17.7 Å². The maximum absolute atomic E-state index is 15.3. The Bertz CT molecular complexity index is 1640. The van der Waals surface area contributed by atoms with Gasteiger partial charge in [-0.15, -0.1) is 0 Å². The van der Waals surface area contributed by atoms with E-state index in [2.05, 4.69) is 15.1 Å². The maximum atomic E-state index is 15.3. The van der Waals surface area contributed by atoms with Crippen LogP contribution in [0.2, 0.25) is 0 Å². The summed E-state index contributed by atoms with van der Waals surface area (Å²) in [6.45, 7) is 1.85. The maximum Gasteiger partial charge on any atom is 0.334 e. The fraction of sp³-hybridized carbons (Fsp3) is 0.250. The number of fused-ring (bicyclic) bond motifs is 3. The lowest BCUT2D eigenvalue weighted by atomic mass is 10.0. The van der Waals surface area contributed by atoms with Crippen molar-refractivity contribution in [3.05, 3.63) is 59.3 Å². The van der Waals surface area contributed by atoms with E-state index in [1.54, 1.807) is 37.3 Å². The van der Waals surface area contributed by atoms with E-state index in [1.807, 2.05) is 26.2 Å². The number of aryl methyl sites for hydroxylation is 2. The Kier molecular flexibility index (Phi) is 5.48. The zero-order valence-electron chi connectivity index (χ0n) is 19.7. The van der Waals surface area contributed by atoms with Gasteiger partial charge in [0, 0.05) is 48.9 Å². The Labute approximate surface area is 199 Å². The molecular formula is C24H24FN7O3. The first-order chi connectivity index (χ1) is 16.8. The van der Waals surface area contributed by atoms with Crippen LogP contribution in [0.1, 0.15) is 13.3 Å². The number of aromatic nitrogens is 6. The summed E-state index contributed by atoms with van der Waals surface area (Å²) in [5, 5.41) is 4.88. The van der Waals surface area contributed by atoms with Crippen molar-refractivity contribution in [2.45, 2.75) is 19.6 Å². The van der Waals surface area contributed by atoms with Crippen LogP contribution in [0.15, 0.2) is 47.8 Å². The largest absolute Gasteiger partial charge is 0.496 e. The molecule has 0 aliphatic carbocycles. The molecule has 0 aliphatic heterocycles. The molecule has 5 aromatic rings. The molecule has 1 unspecified atom stereocenters. The Balaban J connectivity index is 1.80. The molecular weight excluding hydrogens is 453 g/mol. The van der Waals surface area contributed by atoms with E-state index in [1.165, 1.54) is 21.4 Å². The summed E-state index contributed by atoms with van der Waals surface area (Å²) in [4.78, 5) is 22.0. The van der Waals surface area contributed by atoms with Gasteiger partial charge in [0.15, 0.2) is 11.6 Å². The minimum absolute atomic E-state index is 0.149. The fourth-order valence-corrected chi connectivity index (χ4v) is 4.08. The van der Waals surface area contributed by atoms with Gasteiger partial charge in [0.1, 0.15) is 17.7 Å². The molecule has 10 nitrogen and oxygen atoms in total. The number of methoxy groups -OCH3 is 1. The minimum atomic E-state index is -0.716. The highest BCUT2D eigenvalue weighted by atomic mass is 19.1. The lowest BCUT2D eigenvalue weighted by Crippen LogP contribution is -2.26. The van der Waals surface area contributed by atoms with Gasteiger partial charge in [-0.25, -0.2) is 18.7 Å². The van der Waals surface area contributed by atoms with Gasteiger partial charge in [0.05, 0.1) is 42.3 Å². The van der Waals surface area contributed by atoms with Crippen molar-refractivity contribution in [3.8, 4) is 28.4 Å². The molecule has 0 aliphatic rings. The molecule has 0 bridgehead atoms. The third kappa shape index (κ3) is 3.69. The Morgan fingerprint density at radius 3 is 2.60 bits per heavy atom. The Morgan fingerprint density at radius 2 is 1.94 bits per heavy atom. The van der Waals surface area contributed by atoms with Gasteiger partial charge in [0.25, 0.3) is 0 Å². The molecule has 0 radical (unpaired) electrons. The van der Waals surface area contributed by atoms with Gasteiger partial charge in [-0.1, -0.05) is 6.92 Å². The van der Waals surface area contributed by atoms with Crippen molar-refractivity contribution in [3.63, 3.8) is 0 Å². The number of rotatable bonds is 6. The van der Waals surface area contributed by atoms with Crippen LogP contribution >= 0.6 is 0 Å². The normalized spacial score (nSPS) is 12.4. The van der Waals surface area contributed by atoms with Gasteiger partial charge in [-0.3, -0.25) is 20.0 Å². The molecule has 4 heterocycles. The van der Waals surface area contributed by atoms with Crippen LogP contribution in [0.3, 0.4) is 0 Å². The SMILES string of the molecule is CCC(N)Oc1cnc(-n2c(=O)n(C)c3cnc4cc(OC)c(-c5cnn(C)c5)cc4c32)c(F)c1. The number of nitrogens with two attached hydrogens (primary N) is 1. The number of hydrogen-bond donors (Lipinski definition) is 1. The van der Waals surface area contributed by atoms with E-state index in [9.17, 15) is 4.79 Å². The van der Waals surface area contributed by atoms with Crippen molar-refractivity contribution in [2.75, 3.05) is 7.11 Å². The van der Waals surface area contributed by atoms with Gasteiger partial charge in [-0.05, 0) is 12.5 Å². The van der Waals surface area contributed by atoms with Gasteiger partial charge >= 0.3 is 5.69 Å². The highest BCUT2D eigenvalue weighted by Gasteiger charge is 2.22. The molecule has 0 saturated heterocycles. The molecule has 1 aromatic carbocycles. The summed E-state index contributed by atoms with van der Waals surface area (Å²) in [5.41, 5.74) is 8.51. The molecule has 0 saturated carbocycles. The number of imidazole rings is 1. The van der Waals surface area contributed by atoms with Crippen LogP contribution < -0.4 is 20.9 Å². The van der Waals surface area contributed by atoms with E-state index in [0.717, 1.165) is 11.1 Å². The minimum Gasteiger partial charge on any atom is -0.496 e. The van der Waals surface area contributed by atoms with E-state index in [-0.39, 0.29) is 11.6 Å². The highest BCUT2D eigenvalue weighted by molar-refractivity contribution is 6.05. The number of hydrogen-bond acceptors (Lipinski definition) is 7. The van der Waals surface area contributed by atoms with Gasteiger partial charge < -0.3 is 9.47 Å². The second kappa shape index (κ2) is 8.51. The smallest absolute Gasteiger partial charge is 0.334 e. The summed E-state index contributed by atoms with van der Waals surface area (Å²) < 4.78 is 30.7. The van der Waals surface area contributed by atoms with Crippen LogP contribution in [0.4, 0.5) is 4.39 Å². The number of nitrogens with zero attached hydrogens (tertiary/aromatic N) is 6. The Hall–Kier alpha value is -4.25. The second-order valence-electron chi connectivity index (χ2n) is 8.18. The molecule has 11 heteroatoms.